The normalized spacial score (nSPS) is 12.6. The molecular formula is C16H21BrN2OS. The maximum Gasteiger partial charge on any atom is 0.119 e. The van der Waals surface area contributed by atoms with Crippen LogP contribution in [0.2, 0.25) is 0 Å². The molecule has 1 N–H and O–H groups in total. The summed E-state index contributed by atoms with van der Waals surface area (Å²) in [5.41, 5.74) is 1.26. The van der Waals surface area contributed by atoms with E-state index in [4.69, 9.17) is 4.74 Å². The number of nitrogens with one attached hydrogen (secondary N) is 1. The van der Waals surface area contributed by atoms with Crippen LogP contribution in [-0.4, -0.2) is 32.6 Å². The van der Waals surface area contributed by atoms with Crippen LogP contribution >= 0.6 is 27.3 Å². The Kier molecular flexibility index (Phi) is 6.23. The molecule has 1 unspecified atom stereocenters. The van der Waals surface area contributed by atoms with Crippen molar-refractivity contribution in [1.82, 2.24) is 10.2 Å². The molecule has 5 heteroatoms. The number of thiophene rings is 1. The van der Waals surface area contributed by atoms with E-state index in [1.165, 1.54) is 10.4 Å². The van der Waals surface area contributed by atoms with Crippen LogP contribution in [0.1, 0.15) is 16.5 Å². The van der Waals surface area contributed by atoms with Crippen molar-refractivity contribution in [3.63, 3.8) is 0 Å². The summed E-state index contributed by atoms with van der Waals surface area (Å²) < 4.78 is 6.47. The van der Waals surface area contributed by atoms with Gasteiger partial charge in [0.1, 0.15) is 5.75 Å². The van der Waals surface area contributed by atoms with Crippen molar-refractivity contribution in [3.05, 3.63) is 50.6 Å². The summed E-state index contributed by atoms with van der Waals surface area (Å²) in [6, 6.07) is 10.8. The van der Waals surface area contributed by atoms with Crippen molar-refractivity contribution in [2.45, 2.75) is 12.6 Å². The molecule has 0 aliphatic rings. The maximum absolute atomic E-state index is 5.32. The van der Waals surface area contributed by atoms with Gasteiger partial charge in [-0.2, -0.15) is 0 Å². The monoisotopic (exact) mass is 368 g/mol. The summed E-state index contributed by atoms with van der Waals surface area (Å²) in [6.45, 7) is 1.79. The highest BCUT2D eigenvalue weighted by Crippen LogP contribution is 2.23. The number of likely N-dealkylation sites (N-methyl/N-ethyl adjacent to an activating group) is 1. The summed E-state index contributed by atoms with van der Waals surface area (Å²) in [6.07, 6.45) is 0. The van der Waals surface area contributed by atoms with Crippen molar-refractivity contribution in [2.24, 2.45) is 0 Å². The van der Waals surface area contributed by atoms with Crippen molar-refractivity contribution < 1.29 is 4.74 Å². The SMILES string of the molecule is COc1cccc(C(CNCc2cc(Br)cs2)N(C)C)c1. The zero-order valence-electron chi connectivity index (χ0n) is 12.6. The smallest absolute Gasteiger partial charge is 0.119 e. The number of benzene rings is 1. The van der Waals surface area contributed by atoms with Crippen LogP contribution in [0, 0.1) is 0 Å². The molecule has 0 radical (unpaired) electrons. The van der Waals surface area contributed by atoms with Gasteiger partial charge < -0.3 is 15.0 Å². The van der Waals surface area contributed by atoms with E-state index in [0.717, 1.165) is 23.3 Å². The minimum absolute atomic E-state index is 0.323. The fraction of sp³-hybridized carbons (Fsp3) is 0.375. The molecule has 0 bridgehead atoms. The Morgan fingerprint density at radius 3 is 2.76 bits per heavy atom. The Bertz CT molecular complexity index is 571. The number of ether oxygens (including phenoxy) is 1. The van der Waals surface area contributed by atoms with Crippen LogP contribution in [0.3, 0.4) is 0 Å². The van der Waals surface area contributed by atoms with Gasteiger partial charge in [-0.3, -0.25) is 0 Å². The van der Waals surface area contributed by atoms with Gasteiger partial charge in [0.25, 0.3) is 0 Å². The molecular weight excluding hydrogens is 348 g/mol. The van der Waals surface area contributed by atoms with E-state index in [1.807, 2.05) is 12.1 Å². The maximum atomic E-state index is 5.32. The zero-order valence-corrected chi connectivity index (χ0v) is 15.0. The second kappa shape index (κ2) is 7.94. The summed E-state index contributed by atoms with van der Waals surface area (Å²) >= 11 is 5.26. The van der Waals surface area contributed by atoms with E-state index in [2.05, 4.69) is 63.8 Å². The van der Waals surface area contributed by atoms with E-state index >= 15 is 0 Å². The minimum Gasteiger partial charge on any atom is -0.497 e. The van der Waals surface area contributed by atoms with Crippen LogP contribution in [0.25, 0.3) is 0 Å². The van der Waals surface area contributed by atoms with Gasteiger partial charge in [-0.25, -0.2) is 0 Å². The molecule has 1 aromatic carbocycles. The number of halogens is 1. The Morgan fingerprint density at radius 2 is 2.14 bits per heavy atom. The predicted molar refractivity (Wildman–Crippen MR) is 93.1 cm³/mol. The molecule has 1 atom stereocenters. The van der Waals surface area contributed by atoms with Gasteiger partial charge in [-0.15, -0.1) is 11.3 Å². The molecule has 0 saturated carbocycles. The van der Waals surface area contributed by atoms with Crippen molar-refractivity contribution >= 4 is 27.3 Å². The highest BCUT2D eigenvalue weighted by molar-refractivity contribution is 9.10. The third-order valence-electron chi connectivity index (χ3n) is 3.36. The van der Waals surface area contributed by atoms with Crippen LogP contribution in [0.4, 0.5) is 0 Å². The number of rotatable bonds is 7. The highest BCUT2D eigenvalue weighted by Gasteiger charge is 2.14. The quantitative estimate of drug-likeness (QED) is 0.801. The standard InChI is InChI=1S/C16H21BrN2OS/c1-19(2)16(12-5-4-6-14(7-12)20-3)10-18-9-15-8-13(17)11-21-15/h4-8,11,16,18H,9-10H2,1-3H3. The molecule has 2 aromatic rings. The van der Waals surface area contributed by atoms with Gasteiger partial charge in [0, 0.05) is 33.9 Å². The lowest BCUT2D eigenvalue weighted by Gasteiger charge is -2.25. The molecule has 0 fully saturated rings. The molecule has 2 rings (SSSR count). The summed E-state index contributed by atoms with van der Waals surface area (Å²) in [7, 11) is 5.91. The van der Waals surface area contributed by atoms with E-state index in [-0.39, 0.29) is 0 Å². The summed E-state index contributed by atoms with van der Waals surface area (Å²) in [5.74, 6) is 0.904. The lowest BCUT2D eigenvalue weighted by atomic mass is 10.1. The lowest BCUT2D eigenvalue weighted by molar-refractivity contribution is 0.287. The van der Waals surface area contributed by atoms with Gasteiger partial charge >= 0.3 is 0 Å². The second-order valence-corrected chi connectivity index (χ2v) is 7.03. The molecule has 1 aromatic heterocycles. The minimum atomic E-state index is 0.323. The Hall–Kier alpha value is -0.880. The molecule has 0 aliphatic heterocycles. The lowest BCUT2D eigenvalue weighted by Crippen LogP contribution is -2.30. The van der Waals surface area contributed by atoms with E-state index in [9.17, 15) is 0 Å². The predicted octanol–water partition coefficient (Wildman–Crippen LogP) is 3.91. The van der Waals surface area contributed by atoms with Gasteiger partial charge in [0.15, 0.2) is 0 Å². The fourth-order valence-corrected chi connectivity index (χ4v) is 3.65. The van der Waals surface area contributed by atoms with Crippen LogP contribution in [-0.2, 0) is 6.54 Å². The Labute approximate surface area is 139 Å². The number of hydrogen-bond donors (Lipinski definition) is 1. The third kappa shape index (κ3) is 4.81. The van der Waals surface area contributed by atoms with Crippen molar-refractivity contribution in [3.8, 4) is 5.75 Å². The molecule has 0 spiro atoms. The average molecular weight is 369 g/mol. The van der Waals surface area contributed by atoms with Gasteiger partial charge in [0.2, 0.25) is 0 Å². The first-order valence-electron chi connectivity index (χ1n) is 6.84. The van der Waals surface area contributed by atoms with Crippen molar-refractivity contribution in [1.29, 1.82) is 0 Å². The second-order valence-electron chi connectivity index (χ2n) is 5.12. The van der Waals surface area contributed by atoms with E-state index in [1.54, 1.807) is 18.4 Å². The Balaban J connectivity index is 1.98. The molecule has 3 nitrogen and oxygen atoms in total. The molecule has 1 heterocycles. The number of nitrogens with zero attached hydrogens (tertiary/aromatic N) is 1. The van der Waals surface area contributed by atoms with Gasteiger partial charge in [-0.1, -0.05) is 12.1 Å². The third-order valence-corrected chi connectivity index (χ3v) is 5.06. The molecule has 21 heavy (non-hydrogen) atoms. The average Bonchev–Trinajstić information content (AvgIpc) is 2.89. The summed E-state index contributed by atoms with van der Waals surface area (Å²) in [5, 5.41) is 5.65. The molecule has 0 amide bonds. The Morgan fingerprint density at radius 1 is 1.33 bits per heavy atom. The van der Waals surface area contributed by atoms with Crippen LogP contribution in [0.5, 0.6) is 5.75 Å². The topological polar surface area (TPSA) is 24.5 Å². The molecule has 0 saturated heterocycles. The van der Waals surface area contributed by atoms with Gasteiger partial charge in [-0.05, 0) is 53.8 Å². The molecule has 114 valence electrons. The van der Waals surface area contributed by atoms with Crippen LogP contribution in [0.15, 0.2) is 40.2 Å². The largest absolute Gasteiger partial charge is 0.497 e. The molecule has 0 aliphatic carbocycles. The van der Waals surface area contributed by atoms with Gasteiger partial charge in [0.05, 0.1) is 7.11 Å². The van der Waals surface area contributed by atoms with Crippen molar-refractivity contribution in [2.75, 3.05) is 27.7 Å². The van der Waals surface area contributed by atoms with E-state index < -0.39 is 0 Å². The van der Waals surface area contributed by atoms with Crippen LogP contribution < -0.4 is 10.1 Å². The summed E-state index contributed by atoms with van der Waals surface area (Å²) in [4.78, 5) is 3.57. The fourth-order valence-electron chi connectivity index (χ4n) is 2.23. The zero-order chi connectivity index (χ0) is 15.2. The van der Waals surface area contributed by atoms with E-state index in [0.29, 0.717) is 6.04 Å². The first kappa shape index (κ1) is 16.5. The number of hydrogen-bond acceptors (Lipinski definition) is 4. The first-order valence-corrected chi connectivity index (χ1v) is 8.51. The highest BCUT2D eigenvalue weighted by atomic mass is 79.9. The first-order chi connectivity index (χ1) is 10.1. The number of methoxy groups -OCH3 is 1.